The number of aliphatic hydroxyl groups is 1. The normalized spacial score (nSPS) is 24.7. The maximum Gasteiger partial charge on any atom is 0.119 e. The summed E-state index contributed by atoms with van der Waals surface area (Å²) in [6.07, 6.45) is 0.0419. The molecule has 5 nitrogen and oxygen atoms in total. The minimum Gasteiger partial charge on any atom is -0.491 e. The molecule has 0 saturated carbocycles. The Hall–Kier alpha value is -0.950. The third-order valence-corrected chi connectivity index (χ3v) is 5.59. The number of hydrogen-bond donors (Lipinski definition) is 2. The van der Waals surface area contributed by atoms with Gasteiger partial charge in [0.25, 0.3) is 0 Å². The van der Waals surface area contributed by atoms with Crippen molar-refractivity contribution in [3.05, 3.63) is 29.8 Å². The van der Waals surface area contributed by atoms with Crippen molar-refractivity contribution in [1.29, 1.82) is 0 Å². The van der Waals surface area contributed by atoms with Crippen LogP contribution < -0.4 is 10.5 Å². The second kappa shape index (κ2) is 7.89. The van der Waals surface area contributed by atoms with Gasteiger partial charge in [0, 0.05) is 24.0 Å². The Bertz CT molecular complexity index is 482. The van der Waals surface area contributed by atoms with Crippen molar-refractivity contribution >= 4 is 10.8 Å². The Labute approximate surface area is 127 Å². The van der Waals surface area contributed by atoms with Crippen LogP contribution in [0.4, 0.5) is 0 Å². The van der Waals surface area contributed by atoms with Gasteiger partial charge in [0.2, 0.25) is 0 Å². The molecule has 1 aliphatic heterocycles. The van der Waals surface area contributed by atoms with Crippen LogP contribution >= 0.6 is 0 Å². The summed E-state index contributed by atoms with van der Waals surface area (Å²) in [7, 11) is -1.09. The number of benzene rings is 1. The van der Waals surface area contributed by atoms with Gasteiger partial charge in [-0.2, -0.15) is 0 Å². The quantitative estimate of drug-likeness (QED) is 0.778. The van der Waals surface area contributed by atoms with E-state index in [1.54, 1.807) is 0 Å². The predicted octanol–water partition coefficient (Wildman–Crippen LogP) is 0.811. The molecular weight excluding hydrogens is 290 g/mol. The lowest BCUT2D eigenvalue weighted by Gasteiger charge is -2.17. The van der Waals surface area contributed by atoms with Crippen molar-refractivity contribution < 1.29 is 18.8 Å². The van der Waals surface area contributed by atoms with E-state index in [1.807, 2.05) is 31.2 Å². The number of hydrogen-bond acceptors (Lipinski definition) is 5. The van der Waals surface area contributed by atoms with Crippen molar-refractivity contribution in [2.75, 3.05) is 19.0 Å². The van der Waals surface area contributed by atoms with E-state index in [1.165, 1.54) is 0 Å². The highest BCUT2D eigenvalue weighted by atomic mass is 32.2. The van der Waals surface area contributed by atoms with Crippen molar-refractivity contribution in [3.8, 4) is 5.75 Å². The molecule has 4 atom stereocenters. The third kappa shape index (κ3) is 4.78. The Morgan fingerprint density at radius 1 is 1.57 bits per heavy atom. The molecule has 1 fully saturated rings. The zero-order chi connectivity index (χ0) is 15.2. The fourth-order valence-corrected chi connectivity index (χ4v) is 3.96. The standard InChI is InChI=1S/C15H23NO4S/c1-11-15(5-6-19-11)21(18)10-13(17)9-20-14-4-2-3-12(7-14)8-16/h2-4,7,11,13,15,17H,5-6,8-10,16H2,1H3. The first-order valence-corrected chi connectivity index (χ1v) is 8.57. The molecule has 0 aliphatic carbocycles. The van der Waals surface area contributed by atoms with Gasteiger partial charge in [-0.1, -0.05) is 12.1 Å². The van der Waals surface area contributed by atoms with Gasteiger partial charge in [-0.05, 0) is 31.0 Å². The van der Waals surface area contributed by atoms with Crippen LogP contribution in [0, 0.1) is 0 Å². The molecule has 1 aliphatic rings. The lowest BCUT2D eigenvalue weighted by atomic mass is 10.2. The molecule has 4 unspecified atom stereocenters. The van der Waals surface area contributed by atoms with Crippen LogP contribution in [0.25, 0.3) is 0 Å². The van der Waals surface area contributed by atoms with E-state index in [2.05, 4.69) is 0 Å². The van der Waals surface area contributed by atoms with Gasteiger partial charge in [-0.3, -0.25) is 4.21 Å². The third-order valence-electron chi connectivity index (χ3n) is 3.58. The zero-order valence-corrected chi connectivity index (χ0v) is 13.1. The summed E-state index contributed by atoms with van der Waals surface area (Å²) < 4.78 is 23.1. The summed E-state index contributed by atoms with van der Waals surface area (Å²) in [5.74, 6) is 0.884. The zero-order valence-electron chi connectivity index (χ0n) is 12.2. The average Bonchev–Trinajstić information content (AvgIpc) is 2.91. The Morgan fingerprint density at radius 2 is 2.38 bits per heavy atom. The van der Waals surface area contributed by atoms with Gasteiger partial charge in [-0.15, -0.1) is 0 Å². The van der Waals surface area contributed by atoms with E-state index in [0.29, 0.717) is 18.9 Å². The highest BCUT2D eigenvalue weighted by Gasteiger charge is 2.30. The van der Waals surface area contributed by atoms with Crippen molar-refractivity contribution in [2.24, 2.45) is 5.73 Å². The van der Waals surface area contributed by atoms with Gasteiger partial charge < -0.3 is 20.3 Å². The van der Waals surface area contributed by atoms with Gasteiger partial charge in [0.05, 0.1) is 23.2 Å². The highest BCUT2D eigenvalue weighted by Crippen LogP contribution is 2.19. The van der Waals surface area contributed by atoms with Crippen LogP contribution in [0.3, 0.4) is 0 Å². The maximum absolute atomic E-state index is 12.2. The van der Waals surface area contributed by atoms with Gasteiger partial charge in [-0.25, -0.2) is 0 Å². The van der Waals surface area contributed by atoms with Crippen molar-refractivity contribution in [1.82, 2.24) is 0 Å². The Kier molecular flexibility index (Phi) is 6.17. The monoisotopic (exact) mass is 313 g/mol. The van der Waals surface area contributed by atoms with Crippen molar-refractivity contribution in [2.45, 2.75) is 37.3 Å². The summed E-state index contributed by atoms with van der Waals surface area (Å²) in [6, 6.07) is 7.44. The molecule has 1 aromatic rings. The Morgan fingerprint density at radius 3 is 3.05 bits per heavy atom. The summed E-state index contributed by atoms with van der Waals surface area (Å²) in [5, 5.41) is 9.98. The molecule has 21 heavy (non-hydrogen) atoms. The van der Waals surface area contributed by atoms with Crippen LogP contribution in [-0.2, 0) is 22.1 Å². The van der Waals surface area contributed by atoms with Gasteiger partial charge in [0.1, 0.15) is 12.4 Å². The first-order chi connectivity index (χ1) is 10.1. The number of aliphatic hydroxyl groups excluding tert-OH is 1. The lowest BCUT2D eigenvalue weighted by molar-refractivity contribution is 0.122. The first-order valence-electron chi connectivity index (χ1n) is 7.19. The lowest BCUT2D eigenvalue weighted by Crippen LogP contribution is -2.32. The fourth-order valence-electron chi connectivity index (χ4n) is 2.37. The fraction of sp³-hybridized carbons (Fsp3) is 0.600. The summed E-state index contributed by atoms with van der Waals surface area (Å²) in [5.41, 5.74) is 6.54. The van der Waals surface area contributed by atoms with E-state index in [9.17, 15) is 9.32 Å². The molecular formula is C15H23NO4S. The minimum atomic E-state index is -1.09. The van der Waals surface area contributed by atoms with E-state index in [4.69, 9.17) is 15.2 Å². The molecule has 1 aromatic carbocycles. The number of nitrogens with two attached hydrogens (primary N) is 1. The largest absolute Gasteiger partial charge is 0.491 e. The van der Waals surface area contributed by atoms with E-state index >= 15 is 0 Å². The number of ether oxygens (including phenoxy) is 2. The summed E-state index contributed by atoms with van der Waals surface area (Å²) in [6.45, 7) is 3.15. The molecule has 1 saturated heterocycles. The SMILES string of the molecule is CC1OCCC1S(=O)CC(O)COc1cccc(CN)c1. The van der Waals surface area contributed by atoms with Crippen LogP contribution in [0.1, 0.15) is 18.9 Å². The number of rotatable bonds is 7. The van der Waals surface area contributed by atoms with Gasteiger partial charge >= 0.3 is 0 Å². The van der Waals surface area contributed by atoms with Crippen LogP contribution in [0.2, 0.25) is 0 Å². The van der Waals surface area contributed by atoms with Crippen LogP contribution in [-0.4, -0.2) is 45.7 Å². The van der Waals surface area contributed by atoms with Gasteiger partial charge in [0.15, 0.2) is 0 Å². The molecule has 0 spiro atoms. The second-order valence-corrected chi connectivity index (χ2v) is 6.97. The van der Waals surface area contributed by atoms with Crippen molar-refractivity contribution in [3.63, 3.8) is 0 Å². The molecule has 2 rings (SSSR count). The molecule has 6 heteroatoms. The maximum atomic E-state index is 12.2. The topological polar surface area (TPSA) is 81.8 Å². The van der Waals surface area contributed by atoms with E-state index in [0.717, 1.165) is 12.0 Å². The smallest absolute Gasteiger partial charge is 0.119 e. The predicted molar refractivity (Wildman–Crippen MR) is 82.7 cm³/mol. The molecule has 118 valence electrons. The van der Waals surface area contributed by atoms with E-state index in [-0.39, 0.29) is 23.7 Å². The Balaban J connectivity index is 1.78. The molecule has 0 bridgehead atoms. The summed E-state index contributed by atoms with van der Waals surface area (Å²) >= 11 is 0. The van der Waals surface area contributed by atoms with Crippen LogP contribution in [0.5, 0.6) is 5.75 Å². The summed E-state index contributed by atoms with van der Waals surface area (Å²) in [4.78, 5) is 0. The molecule has 3 N–H and O–H groups in total. The van der Waals surface area contributed by atoms with E-state index < -0.39 is 16.9 Å². The molecule has 1 heterocycles. The average molecular weight is 313 g/mol. The molecule has 0 radical (unpaired) electrons. The highest BCUT2D eigenvalue weighted by molar-refractivity contribution is 7.85. The minimum absolute atomic E-state index is 0.000174. The first kappa shape index (κ1) is 16.4. The molecule has 0 aromatic heterocycles. The van der Waals surface area contributed by atoms with Crippen LogP contribution in [0.15, 0.2) is 24.3 Å². The molecule has 0 amide bonds. The second-order valence-electron chi connectivity index (χ2n) is 5.27.